The second-order valence-corrected chi connectivity index (χ2v) is 7.65. The number of carbonyl (C=O) groups excluding carboxylic acids is 2. The van der Waals surface area contributed by atoms with Crippen molar-refractivity contribution >= 4 is 11.8 Å². The summed E-state index contributed by atoms with van der Waals surface area (Å²) in [6.45, 7) is 13.5. The Morgan fingerprint density at radius 1 is 1.25 bits per heavy atom. The van der Waals surface area contributed by atoms with E-state index in [-0.39, 0.29) is 29.2 Å². The maximum absolute atomic E-state index is 11.9. The van der Waals surface area contributed by atoms with Gasteiger partial charge in [-0.05, 0) is 24.2 Å². The van der Waals surface area contributed by atoms with Crippen LogP contribution in [0.5, 0.6) is 0 Å². The number of nitrogens with zero attached hydrogens (tertiary/aromatic N) is 1. The fourth-order valence-corrected chi connectivity index (χ4v) is 2.95. The van der Waals surface area contributed by atoms with Gasteiger partial charge in [-0.1, -0.05) is 34.6 Å². The summed E-state index contributed by atoms with van der Waals surface area (Å²) in [5.74, 6) is 0.635. The SMILES string of the molecule is CC(=O)N1CC(CC(C)(C)C)CC(NC(=O)C(C)C)C1. The molecule has 0 radical (unpaired) electrons. The van der Waals surface area contributed by atoms with E-state index in [1.54, 1.807) is 6.92 Å². The molecule has 1 saturated heterocycles. The predicted molar refractivity (Wildman–Crippen MR) is 81.2 cm³/mol. The lowest BCUT2D eigenvalue weighted by Crippen LogP contribution is -2.53. The maximum atomic E-state index is 11.9. The summed E-state index contributed by atoms with van der Waals surface area (Å²) in [7, 11) is 0. The minimum atomic E-state index is -0.0104. The first-order valence-corrected chi connectivity index (χ1v) is 7.64. The summed E-state index contributed by atoms with van der Waals surface area (Å²) in [6, 6.07) is 0.0925. The van der Waals surface area contributed by atoms with E-state index in [9.17, 15) is 9.59 Å². The number of piperidine rings is 1. The molecule has 2 amide bonds. The van der Waals surface area contributed by atoms with Gasteiger partial charge in [-0.2, -0.15) is 0 Å². The van der Waals surface area contributed by atoms with Gasteiger partial charge in [-0.15, -0.1) is 0 Å². The lowest BCUT2D eigenvalue weighted by atomic mass is 9.80. The van der Waals surface area contributed by atoms with Crippen molar-refractivity contribution in [2.45, 2.75) is 60.4 Å². The summed E-state index contributed by atoms with van der Waals surface area (Å²) < 4.78 is 0. The van der Waals surface area contributed by atoms with E-state index in [0.717, 1.165) is 19.4 Å². The third-order valence-corrected chi connectivity index (χ3v) is 3.75. The van der Waals surface area contributed by atoms with Crippen molar-refractivity contribution in [2.24, 2.45) is 17.3 Å². The molecule has 4 heteroatoms. The molecule has 4 nitrogen and oxygen atoms in total. The Labute approximate surface area is 123 Å². The molecule has 20 heavy (non-hydrogen) atoms. The first kappa shape index (κ1) is 17.0. The summed E-state index contributed by atoms with van der Waals surface area (Å²) in [5.41, 5.74) is 0.247. The molecule has 1 aliphatic rings. The molecular weight excluding hydrogens is 252 g/mol. The van der Waals surface area contributed by atoms with E-state index in [1.165, 1.54) is 0 Å². The molecule has 2 atom stereocenters. The normalized spacial score (nSPS) is 23.9. The van der Waals surface area contributed by atoms with Crippen LogP contribution >= 0.6 is 0 Å². The molecule has 0 aromatic heterocycles. The van der Waals surface area contributed by atoms with Crippen LogP contribution in [0.3, 0.4) is 0 Å². The van der Waals surface area contributed by atoms with Crippen LogP contribution in [0.1, 0.15) is 54.4 Å². The molecule has 0 aliphatic carbocycles. The molecule has 1 fully saturated rings. The smallest absolute Gasteiger partial charge is 0.222 e. The summed E-state index contributed by atoms with van der Waals surface area (Å²) in [6.07, 6.45) is 2.05. The second kappa shape index (κ2) is 6.59. The topological polar surface area (TPSA) is 49.4 Å². The van der Waals surface area contributed by atoms with Crippen molar-refractivity contribution in [3.63, 3.8) is 0 Å². The number of amides is 2. The van der Waals surface area contributed by atoms with Crippen molar-refractivity contribution < 1.29 is 9.59 Å². The van der Waals surface area contributed by atoms with Crippen LogP contribution in [-0.2, 0) is 9.59 Å². The molecule has 116 valence electrons. The van der Waals surface area contributed by atoms with Gasteiger partial charge in [0.25, 0.3) is 0 Å². The lowest BCUT2D eigenvalue weighted by molar-refractivity contribution is -0.133. The maximum Gasteiger partial charge on any atom is 0.222 e. The second-order valence-electron chi connectivity index (χ2n) is 7.65. The minimum Gasteiger partial charge on any atom is -0.351 e. The molecular formula is C16H30N2O2. The summed E-state index contributed by atoms with van der Waals surface area (Å²) >= 11 is 0. The molecule has 1 heterocycles. The lowest BCUT2D eigenvalue weighted by Gasteiger charge is -2.40. The Balaban J connectivity index is 2.70. The van der Waals surface area contributed by atoms with Gasteiger partial charge in [0.1, 0.15) is 0 Å². The third-order valence-electron chi connectivity index (χ3n) is 3.75. The van der Waals surface area contributed by atoms with E-state index in [0.29, 0.717) is 12.5 Å². The number of rotatable bonds is 3. The van der Waals surface area contributed by atoms with Gasteiger partial charge in [0.15, 0.2) is 0 Å². The number of nitrogens with one attached hydrogen (secondary N) is 1. The number of hydrogen-bond acceptors (Lipinski definition) is 2. The molecule has 0 saturated carbocycles. The molecule has 1 N–H and O–H groups in total. The Kier molecular flexibility index (Phi) is 5.60. The van der Waals surface area contributed by atoms with Gasteiger partial charge >= 0.3 is 0 Å². The highest BCUT2D eigenvalue weighted by atomic mass is 16.2. The van der Waals surface area contributed by atoms with Crippen LogP contribution in [0.25, 0.3) is 0 Å². The van der Waals surface area contributed by atoms with Gasteiger partial charge in [-0.25, -0.2) is 0 Å². The molecule has 0 aromatic rings. The van der Waals surface area contributed by atoms with Crippen molar-refractivity contribution in [3.05, 3.63) is 0 Å². The quantitative estimate of drug-likeness (QED) is 0.864. The van der Waals surface area contributed by atoms with Crippen LogP contribution in [0.4, 0.5) is 0 Å². The van der Waals surface area contributed by atoms with Crippen LogP contribution in [0, 0.1) is 17.3 Å². The Bertz CT molecular complexity index is 358. The zero-order chi connectivity index (χ0) is 15.5. The van der Waals surface area contributed by atoms with E-state index in [2.05, 4.69) is 26.1 Å². The van der Waals surface area contributed by atoms with Crippen molar-refractivity contribution in [2.75, 3.05) is 13.1 Å². The van der Waals surface area contributed by atoms with Crippen LogP contribution in [-0.4, -0.2) is 35.8 Å². The molecule has 0 bridgehead atoms. The van der Waals surface area contributed by atoms with Crippen molar-refractivity contribution in [3.8, 4) is 0 Å². The highest BCUT2D eigenvalue weighted by Crippen LogP contribution is 2.30. The summed E-state index contributed by atoms with van der Waals surface area (Å²) in [4.78, 5) is 25.4. The van der Waals surface area contributed by atoms with Crippen LogP contribution in [0.15, 0.2) is 0 Å². The average molecular weight is 282 g/mol. The van der Waals surface area contributed by atoms with Crippen LogP contribution in [0.2, 0.25) is 0 Å². The van der Waals surface area contributed by atoms with E-state index >= 15 is 0 Å². The molecule has 1 rings (SSSR count). The van der Waals surface area contributed by atoms with E-state index in [1.807, 2.05) is 18.7 Å². The Hall–Kier alpha value is -1.06. The van der Waals surface area contributed by atoms with Gasteiger partial charge < -0.3 is 10.2 Å². The third kappa shape index (κ3) is 5.51. The fraction of sp³-hybridized carbons (Fsp3) is 0.875. The number of hydrogen-bond donors (Lipinski definition) is 1. The zero-order valence-electron chi connectivity index (χ0n) is 13.8. The fourth-order valence-electron chi connectivity index (χ4n) is 2.95. The summed E-state index contributed by atoms with van der Waals surface area (Å²) in [5, 5.41) is 3.09. The molecule has 0 aromatic carbocycles. The minimum absolute atomic E-state index is 0.0104. The van der Waals surface area contributed by atoms with Gasteiger partial charge in [0, 0.05) is 32.0 Å². The number of carbonyl (C=O) groups is 2. The van der Waals surface area contributed by atoms with Gasteiger partial charge in [0.05, 0.1) is 0 Å². The molecule has 0 spiro atoms. The first-order valence-electron chi connectivity index (χ1n) is 7.64. The van der Waals surface area contributed by atoms with Crippen LogP contribution < -0.4 is 5.32 Å². The highest BCUT2D eigenvalue weighted by Gasteiger charge is 2.31. The van der Waals surface area contributed by atoms with Gasteiger partial charge in [0.2, 0.25) is 11.8 Å². The Morgan fingerprint density at radius 3 is 2.30 bits per heavy atom. The largest absolute Gasteiger partial charge is 0.351 e. The average Bonchev–Trinajstić information content (AvgIpc) is 2.25. The first-order chi connectivity index (χ1) is 9.08. The standard InChI is InChI=1S/C16H30N2O2/c1-11(2)15(20)17-14-7-13(8-16(4,5)6)9-18(10-14)12(3)19/h11,13-14H,7-10H2,1-6H3,(H,17,20). The van der Waals surface area contributed by atoms with E-state index < -0.39 is 0 Å². The number of likely N-dealkylation sites (tertiary alicyclic amines) is 1. The molecule has 2 unspecified atom stereocenters. The predicted octanol–water partition coefficient (Wildman–Crippen LogP) is 2.43. The highest BCUT2D eigenvalue weighted by molar-refractivity contribution is 5.78. The van der Waals surface area contributed by atoms with E-state index in [4.69, 9.17) is 0 Å². The van der Waals surface area contributed by atoms with Gasteiger partial charge in [-0.3, -0.25) is 9.59 Å². The van der Waals surface area contributed by atoms with Crippen molar-refractivity contribution in [1.82, 2.24) is 10.2 Å². The molecule has 1 aliphatic heterocycles. The Morgan fingerprint density at radius 2 is 1.85 bits per heavy atom. The van der Waals surface area contributed by atoms with Crippen molar-refractivity contribution in [1.29, 1.82) is 0 Å². The monoisotopic (exact) mass is 282 g/mol. The zero-order valence-corrected chi connectivity index (χ0v) is 13.8.